The molecular weight excluding hydrogens is 251 g/mol. The number of rotatable bonds is 3. The lowest BCUT2D eigenvalue weighted by Crippen LogP contribution is -2.08. The molecule has 1 heterocycles. The van der Waals surface area contributed by atoms with E-state index in [9.17, 15) is 9.18 Å². The highest BCUT2D eigenvalue weighted by Crippen LogP contribution is 2.51. The standard InChI is InChI=1S/C14H13FO4/c1-17-13(16)11(15)7-14(4-5-14)10-3-2-9-8-18-19-12(9)6-10/h2-3,6-7H,4-5,8H2,1H3/b11-7-. The zero-order valence-corrected chi connectivity index (χ0v) is 10.4. The second-order valence-corrected chi connectivity index (χ2v) is 4.81. The van der Waals surface area contributed by atoms with Gasteiger partial charge in [0.2, 0.25) is 5.83 Å². The Morgan fingerprint density at radius 2 is 2.26 bits per heavy atom. The molecule has 1 fully saturated rings. The molecule has 0 unspecified atom stereocenters. The first kappa shape index (κ1) is 12.2. The van der Waals surface area contributed by atoms with E-state index in [-0.39, 0.29) is 0 Å². The van der Waals surface area contributed by atoms with Crippen molar-refractivity contribution in [3.63, 3.8) is 0 Å². The second-order valence-electron chi connectivity index (χ2n) is 4.81. The molecule has 0 saturated heterocycles. The first-order valence-corrected chi connectivity index (χ1v) is 6.04. The summed E-state index contributed by atoms with van der Waals surface area (Å²) < 4.78 is 18.0. The summed E-state index contributed by atoms with van der Waals surface area (Å²) in [4.78, 5) is 21.0. The van der Waals surface area contributed by atoms with E-state index in [0.717, 1.165) is 31.1 Å². The van der Waals surface area contributed by atoms with E-state index >= 15 is 0 Å². The molecule has 1 aromatic rings. The number of carbonyl (C=O) groups is 1. The van der Waals surface area contributed by atoms with Crippen molar-refractivity contribution in [2.75, 3.05) is 7.11 Å². The maximum absolute atomic E-state index is 13.6. The van der Waals surface area contributed by atoms with E-state index in [1.165, 1.54) is 6.08 Å². The number of esters is 1. The molecule has 1 aromatic carbocycles. The molecule has 4 nitrogen and oxygen atoms in total. The Morgan fingerprint density at radius 3 is 2.95 bits per heavy atom. The first-order valence-electron chi connectivity index (χ1n) is 6.04. The number of fused-ring (bicyclic) bond motifs is 1. The first-order chi connectivity index (χ1) is 9.14. The van der Waals surface area contributed by atoms with E-state index in [1.807, 2.05) is 18.2 Å². The van der Waals surface area contributed by atoms with Crippen LogP contribution in [0.4, 0.5) is 4.39 Å². The minimum atomic E-state index is -0.938. The SMILES string of the molecule is COC(=O)/C(F)=C/C1(c2ccc3c(c2)OOC3)CC1. The summed E-state index contributed by atoms with van der Waals surface area (Å²) in [7, 11) is 1.16. The zero-order chi connectivity index (χ0) is 13.5. The monoisotopic (exact) mass is 264 g/mol. The molecule has 19 heavy (non-hydrogen) atoms. The van der Waals surface area contributed by atoms with Gasteiger partial charge in [0.05, 0.1) is 7.11 Å². The van der Waals surface area contributed by atoms with Gasteiger partial charge in [-0.3, -0.25) is 0 Å². The van der Waals surface area contributed by atoms with Crippen LogP contribution in [0.1, 0.15) is 24.0 Å². The van der Waals surface area contributed by atoms with Crippen LogP contribution in [0, 0.1) is 0 Å². The van der Waals surface area contributed by atoms with Crippen molar-refractivity contribution >= 4 is 5.97 Å². The normalized spacial score (nSPS) is 19.6. The Hall–Kier alpha value is -1.88. The van der Waals surface area contributed by atoms with E-state index < -0.39 is 17.2 Å². The lowest BCUT2D eigenvalue weighted by Gasteiger charge is -2.11. The molecule has 1 aliphatic carbocycles. The van der Waals surface area contributed by atoms with Gasteiger partial charge in [-0.1, -0.05) is 12.1 Å². The predicted octanol–water partition coefficient (Wildman–Crippen LogP) is 2.57. The van der Waals surface area contributed by atoms with Gasteiger partial charge < -0.3 is 9.62 Å². The number of ether oxygens (including phenoxy) is 1. The predicted molar refractivity (Wildman–Crippen MR) is 64.0 cm³/mol. The Labute approximate surface area is 109 Å². The summed E-state index contributed by atoms with van der Waals surface area (Å²) in [5.41, 5.74) is 1.48. The van der Waals surface area contributed by atoms with Crippen molar-refractivity contribution in [3.05, 3.63) is 41.2 Å². The number of carbonyl (C=O) groups excluding carboxylic acids is 1. The molecular formula is C14H13FO4. The molecule has 0 amide bonds. The van der Waals surface area contributed by atoms with Crippen molar-refractivity contribution in [2.24, 2.45) is 0 Å². The highest BCUT2D eigenvalue weighted by atomic mass is 19.1. The highest BCUT2D eigenvalue weighted by Gasteiger charge is 2.44. The molecule has 0 bridgehead atoms. The highest BCUT2D eigenvalue weighted by molar-refractivity contribution is 5.86. The molecule has 5 heteroatoms. The van der Waals surface area contributed by atoms with Crippen molar-refractivity contribution in [3.8, 4) is 5.75 Å². The van der Waals surface area contributed by atoms with Crippen LogP contribution in [0.5, 0.6) is 5.75 Å². The van der Waals surface area contributed by atoms with Crippen LogP contribution in [0.15, 0.2) is 30.1 Å². The fourth-order valence-corrected chi connectivity index (χ4v) is 2.27. The zero-order valence-electron chi connectivity index (χ0n) is 10.4. The minimum absolute atomic E-state index is 0.417. The van der Waals surface area contributed by atoms with Gasteiger partial charge in [0, 0.05) is 11.0 Å². The maximum atomic E-state index is 13.6. The largest absolute Gasteiger partial charge is 0.464 e. The fourth-order valence-electron chi connectivity index (χ4n) is 2.27. The quantitative estimate of drug-likeness (QED) is 0.478. The van der Waals surface area contributed by atoms with Gasteiger partial charge in [0.1, 0.15) is 6.61 Å². The van der Waals surface area contributed by atoms with E-state index in [2.05, 4.69) is 4.74 Å². The van der Waals surface area contributed by atoms with Gasteiger partial charge in [0.15, 0.2) is 5.75 Å². The average Bonchev–Trinajstić information content (AvgIpc) is 3.05. The molecule has 0 aromatic heterocycles. The third-order valence-corrected chi connectivity index (χ3v) is 3.58. The van der Waals surface area contributed by atoms with Crippen LogP contribution >= 0.6 is 0 Å². The summed E-state index contributed by atoms with van der Waals surface area (Å²) in [6, 6.07) is 5.67. The van der Waals surface area contributed by atoms with Crippen LogP contribution in [0.2, 0.25) is 0 Å². The molecule has 100 valence electrons. The van der Waals surface area contributed by atoms with Crippen LogP contribution in [-0.2, 0) is 26.4 Å². The number of benzene rings is 1. The van der Waals surface area contributed by atoms with Crippen molar-refractivity contribution in [1.82, 2.24) is 0 Å². The minimum Gasteiger partial charge on any atom is -0.464 e. The van der Waals surface area contributed by atoms with E-state index in [4.69, 9.17) is 9.78 Å². The molecule has 2 aliphatic rings. The van der Waals surface area contributed by atoms with Gasteiger partial charge in [0.25, 0.3) is 0 Å². The Kier molecular flexibility index (Phi) is 2.78. The molecule has 0 radical (unpaired) electrons. The topological polar surface area (TPSA) is 44.8 Å². The molecule has 0 N–H and O–H groups in total. The van der Waals surface area contributed by atoms with Crippen molar-refractivity contribution in [1.29, 1.82) is 0 Å². The van der Waals surface area contributed by atoms with Gasteiger partial charge >= 0.3 is 5.97 Å². The Morgan fingerprint density at radius 1 is 1.47 bits per heavy atom. The molecule has 1 aliphatic heterocycles. The summed E-state index contributed by atoms with van der Waals surface area (Å²) >= 11 is 0. The smallest absolute Gasteiger partial charge is 0.366 e. The van der Waals surface area contributed by atoms with Crippen LogP contribution < -0.4 is 4.89 Å². The molecule has 3 rings (SSSR count). The van der Waals surface area contributed by atoms with Crippen LogP contribution in [-0.4, -0.2) is 13.1 Å². The summed E-state index contributed by atoms with van der Waals surface area (Å²) in [6.45, 7) is 0.426. The van der Waals surface area contributed by atoms with Crippen LogP contribution in [0.3, 0.4) is 0 Å². The third-order valence-electron chi connectivity index (χ3n) is 3.58. The molecule has 0 atom stereocenters. The lowest BCUT2D eigenvalue weighted by molar-refractivity contribution is -0.194. The van der Waals surface area contributed by atoms with Crippen LogP contribution in [0.25, 0.3) is 0 Å². The maximum Gasteiger partial charge on any atom is 0.366 e. The third kappa shape index (κ3) is 2.10. The number of hydrogen-bond donors (Lipinski definition) is 0. The summed E-state index contributed by atoms with van der Waals surface area (Å²) in [5, 5.41) is 0. The molecule has 0 spiro atoms. The Balaban J connectivity index is 1.91. The number of methoxy groups -OCH3 is 1. The summed E-state index contributed by atoms with van der Waals surface area (Å²) in [5.74, 6) is -1.12. The molecule has 1 saturated carbocycles. The van der Waals surface area contributed by atoms with Crippen molar-refractivity contribution < 1.29 is 23.7 Å². The van der Waals surface area contributed by atoms with Crippen molar-refractivity contribution in [2.45, 2.75) is 24.9 Å². The van der Waals surface area contributed by atoms with E-state index in [1.54, 1.807) is 0 Å². The van der Waals surface area contributed by atoms with Gasteiger partial charge in [-0.15, -0.1) is 0 Å². The second kappa shape index (κ2) is 4.35. The van der Waals surface area contributed by atoms with Gasteiger partial charge in [-0.2, -0.15) is 9.28 Å². The number of allylic oxidation sites excluding steroid dienone is 1. The Bertz CT molecular complexity index is 561. The summed E-state index contributed by atoms with van der Waals surface area (Å²) in [6.07, 6.45) is 2.95. The van der Waals surface area contributed by atoms with E-state index in [0.29, 0.717) is 12.4 Å². The lowest BCUT2D eigenvalue weighted by atomic mass is 9.94. The number of hydrogen-bond acceptors (Lipinski definition) is 4. The average molecular weight is 264 g/mol. The fraction of sp³-hybridized carbons (Fsp3) is 0.357. The van der Waals surface area contributed by atoms with Gasteiger partial charge in [-0.05, 0) is 30.5 Å². The van der Waals surface area contributed by atoms with Gasteiger partial charge in [-0.25, -0.2) is 4.79 Å². The number of halogens is 1.